The van der Waals surface area contributed by atoms with Crippen molar-refractivity contribution in [2.24, 2.45) is 17.6 Å². The van der Waals surface area contributed by atoms with E-state index in [-0.39, 0.29) is 31.0 Å². The van der Waals surface area contributed by atoms with Crippen molar-refractivity contribution in [3.05, 3.63) is 18.3 Å². The molecule has 0 fully saturated rings. The van der Waals surface area contributed by atoms with Gasteiger partial charge in [0.25, 0.3) is 0 Å². The molecule has 2 aromatic heterocycles. The summed E-state index contributed by atoms with van der Waals surface area (Å²) in [6.45, 7) is 6.47. The van der Waals surface area contributed by atoms with E-state index in [1.807, 2.05) is 13.8 Å². The molecule has 1 unspecified atom stereocenters. The Labute approximate surface area is 266 Å². The van der Waals surface area contributed by atoms with Gasteiger partial charge in [-0.15, -0.1) is 0 Å². The molecular formula is C35H61N5O4. The number of H-pyrrole nitrogens is 1. The lowest BCUT2D eigenvalue weighted by molar-refractivity contribution is -0.149. The lowest BCUT2D eigenvalue weighted by Crippen LogP contribution is -2.38. The normalized spacial score (nSPS) is 12.9. The number of carbonyl (C=O) groups excluding carboxylic acids is 2. The summed E-state index contributed by atoms with van der Waals surface area (Å²) in [6.07, 6.45) is 27.1. The Kier molecular flexibility index (Phi) is 20.3. The first-order valence-corrected chi connectivity index (χ1v) is 17.6. The van der Waals surface area contributed by atoms with Crippen LogP contribution in [0, 0.1) is 11.8 Å². The highest BCUT2D eigenvalue weighted by molar-refractivity contribution is 5.75. The minimum Gasteiger partial charge on any atom is -0.466 e. The molecule has 0 saturated carbocycles. The van der Waals surface area contributed by atoms with Gasteiger partial charge in [-0.2, -0.15) is 0 Å². The highest BCUT2D eigenvalue weighted by atomic mass is 16.5. The minimum absolute atomic E-state index is 0.0123. The van der Waals surface area contributed by atoms with E-state index in [1.165, 1.54) is 96.3 Å². The minimum atomic E-state index is -0.672. The van der Waals surface area contributed by atoms with Crippen LogP contribution in [0.3, 0.4) is 0 Å². The monoisotopic (exact) mass is 615 g/mol. The first-order valence-electron chi connectivity index (χ1n) is 17.6. The Morgan fingerprint density at radius 1 is 0.818 bits per heavy atom. The van der Waals surface area contributed by atoms with Gasteiger partial charge in [-0.05, 0) is 18.8 Å². The van der Waals surface area contributed by atoms with Crippen molar-refractivity contribution < 1.29 is 19.1 Å². The molecule has 2 atom stereocenters. The molecule has 3 N–H and O–H groups in total. The standard InChI is InChI=1S/C35H61N5O4/c1-4-5-6-7-8-9-10-11-12-13-14-15-16-17-18-19-20-21-32(41)43-23-22-29(26-44-35(42)33(36)28(2)3)24-31-37-25-30-34(40-31)39-27-38-30/h25,27-29,33H,4-24,26,36H2,1-3H3,(H,37,38,39,40)/t29?,33-/m0/s1. The molecule has 0 radical (unpaired) electrons. The Balaban J connectivity index is 1.53. The lowest BCUT2D eigenvalue weighted by atomic mass is 10.0. The van der Waals surface area contributed by atoms with Gasteiger partial charge in [0.05, 0.1) is 25.7 Å². The molecule has 0 aliphatic heterocycles. The van der Waals surface area contributed by atoms with Gasteiger partial charge in [-0.3, -0.25) is 9.59 Å². The number of rotatable bonds is 27. The molecule has 0 spiro atoms. The summed E-state index contributed by atoms with van der Waals surface area (Å²) in [6, 6.07) is -0.672. The highest BCUT2D eigenvalue weighted by Gasteiger charge is 2.22. The van der Waals surface area contributed by atoms with Crippen LogP contribution in [-0.2, 0) is 25.5 Å². The number of nitrogens with zero attached hydrogens (tertiary/aromatic N) is 3. The average molecular weight is 616 g/mol. The molecule has 0 aliphatic carbocycles. The van der Waals surface area contributed by atoms with Gasteiger partial charge in [-0.1, -0.05) is 124 Å². The third-order valence-corrected chi connectivity index (χ3v) is 8.42. The summed E-state index contributed by atoms with van der Waals surface area (Å²) in [7, 11) is 0. The van der Waals surface area contributed by atoms with Crippen LogP contribution in [0.5, 0.6) is 0 Å². The third-order valence-electron chi connectivity index (χ3n) is 8.42. The molecule has 2 rings (SSSR count). The van der Waals surface area contributed by atoms with Crippen molar-refractivity contribution in [3.8, 4) is 0 Å². The molecule has 0 bridgehead atoms. The zero-order valence-corrected chi connectivity index (χ0v) is 28.0. The van der Waals surface area contributed by atoms with Gasteiger partial charge in [0.1, 0.15) is 17.4 Å². The number of aromatic nitrogens is 4. The number of unbranched alkanes of at least 4 members (excludes halogenated alkanes) is 16. The number of imidazole rings is 1. The van der Waals surface area contributed by atoms with E-state index in [0.717, 1.165) is 18.4 Å². The average Bonchev–Trinajstić information content (AvgIpc) is 3.48. The quantitative estimate of drug-likeness (QED) is 0.0762. The second-order valence-electron chi connectivity index (χ2n) is 12.8. The molecule has 2 heterocycles. The number of ether oxygens (including phenoxy) is 2. The first kappa shape index (κ1) is 37.6. The number of aromatic amines is 1. The number of nitrogens with one attached hydrogen (secondary N) is 1. The van der Waals surface area contributed by atoms with E-state index in [2.05, 4.69) is 26.9 Å². The molecule has 0 saturated heterocycles. The summed E-state index contributed by atoms with van der Waals surface area (Å²) in [5, 5.41) is 0. The summed E-state index contributed by atoms with van der Waals surface area (Å²) >= 11 is 0. The van der Waals surface area contributed by atoms with E-state index in [1.54, 1.807) is 12.5 Å². The van der Waals surface area contributed by atoms with E-state index in [0.29, 0.717) is 30.7 Å². The first-order chi connectivity index (χ1) is 21.4. The van der Waals surface area contributed by atoms with Crippen LogP contribution in [0.15, 0.2) is 12.5 Å². The van der Waals surface area contributed by atoms with E-state index >= 15 is 0 Å². The molecule has 44 heavy (non-hydrogen) atoms. The zero-order chi connectivity index (χ0) is 31.8. The highest BCUT2D eigenvalue weighted by Crippen LogP contribution is 2.16. The summed E-state index contributed by atoms with van der Waals surface area (Å²) < 4.78 is 11.0. The predicted octanol–water partition coefficient (Wildman–Crippen LogP) is 8.01. The van der Waals surface area contributed by atoms with Gasteiger partial charge in [0, 0.05) is 18.8 Å². The molecule has 0 aromatic carbocycles. The molecular weight excluding hydrogens is 554 g/mol. The largest absolute Gasteiger partial charge is 0.466 e. The Bertz CT molecular complexity index is 1030. The SMILES string of the molecule is CCCCCCCCCCCCCCCCCCCC(=O)OCCC(COC(=O)[C@@H](N)C(C)C)Cc1ncc2[nH]cnc2n1. The molecule has 0 amide bonds. The van der Waals surface area contributed by atoms with Crippen molar-refractivity contribution in [3.63, 3.8) is 0 Å². The van der Waals surface area contributed by atoms with Gasteiger partial charge >= 0.3 is 11.9 Å². The summed E-state index contributed by atoms with van der Waals surface area (Å²) in [4.78, 5) is 40.7. The second kappa shape index (κ2) is 23.8. The number of esters is 2. The smallest absolute Gasteiger partial charge is 0.323 e. The second-order valence-corrected chi connectivity index (χ2v) is 12.8. The molecule has 9 heteroatoms. The van der Waals surface area contributed by atoms with Crippen LogP contribution < -0.4 is 5.73 Å². The molecule has 250 valence electrons. The number of carbonyl (C=O) groups is 2. The fraction of sp³-hybridized carbons (Fsp3) is 0.800. The van der Waals surface area contributed by atoms with Crippen LogP contribution in [0.25, 0.3) is 11.2 Å². The van der Waals surface area contributed by atoms with Crippen LogP contribution in [0.4, 0.5) is 0 Å². The maximum absolute atomic E-state index is 12.3. The maximum Gasteiger partial charge on any atom is 0.323 e. The lowest BCUT2D eigenvalue weighted by Gasteiger charge is -2.19. The van der Waals surface area contributed by atoms with Gasteiger partial charge in [-0.25, -0.2) is 15.0 Å². The van der Waals surface area contributed by atoms with Crippen LogP contribution in [0.2, 0.25) is 0 Å². The van der Waals surface area contributed by atoms with Crippen molar-refractivity contribution in [1.82, 2.24) is 19.9 Å². The topological polar surface area (TPSA) is 133 Å². The molecule has 0 aliphatic rings. The number of hydrogen-bond donors (Lipinski definition) is 2. The Morgan fingerprint density at radius 3 is 1.95 bits per heavy atom. The molecule has 2 aromatic rings. The molecule has 9 nitrogen and oxygen atoms in total. The summed E-state index contributed by atoms with van der Waals surface area (Å²) in [5.41, 5.74) is 7.30. The van der Waals surface area contributed by atoms with E-state index in [4.69, 9.17) is 15.2 Å². The third kappa shape index (κ3) is 17.1. The fourth-order valence-electron chi connectivity index (χ4n) is 5.35. The number of nitrogens with two attached hydrogens (primary N) is 1. The van der Waals surface area contributed by atoms with Gasteiger partial charge < -0.3 is 20.2 Å². The van der Waals surface area contributed by atoms with Crippen molar-refractivity contribution in [1.29, 1.82) is 0 Å². The fourth-order valence-corrected chi connectivity index (χ4v) is 5.35. The van der Waals surface area contributed by atoms with Gasteiger partial charge in [0.2, 0.25) is 0 Å². The van der Waals surface area contributed by atoms with Crippen LogP contribution in [0.1, 0.15) is 149 Å². The zero-order valence-electron chi connectivity index (χ0n) is 28.0. The summed E-state index contributed by atoms with van der Waals surface area (Å²) in [5.74, 6) is -0.111. The maximum atomic E-state index is 12.3. The van der Waals surface area contributed by atoms with E-state index in [9.17, 15) is 9.59 Å². The van der Waals surface area contributed by atoms with Crippen molar-refractivity contribution in [2.45, 2.75) is 155 Å². The van der Waals surface area contributed by atoms with Crippen LogP contribution >= 0.6 is 0 Å². The van der Waals surface area contributed by atoms with Crippen LogP contribution in [-0.4, -0.2) is 51.1 Å². The Hall–Kier alpha value is -2.55. The van der Waals surface area contributed by atoms with Crippen molar-refractivity contribution in [2.75, 3.05) is 13.2 Å². The van der Waals surface area contributed by atoms with Gasteiger partial charge in [0.15, 0.2) is 5.65 Å². The predicted molar refractivity (Wildman–Crippen MR) is 177 cm³/mol. The number of hydrogen-bond acceptors (Lipinski definition) is 8. The van der Waals surface area contributed by atoms with E-state index < -0.39 is 12.0 Å². The number of fused-ring (bicyclic) bond motifs is 1. The van der Waals surface area contributed by atoms with Crippen molar-refractivity contribution >= 4 is 23.1 Å². The Morgan fingerprint density at radius 2 is 1.39 bits per heavy atom.